The van der Waals surface area contributed by atoms with Gasteiger partial charge >= 0.3 is 6.18 Å². The Balaban J connectivity index is 2.49. The van der Waals surface area contributed by atoms with E-state index in [1.807, 2.05) is 11.6 Å². The Kier molecular flexibility index (Phi) is 4.27. The van der Waals surface area contributed by atoms with E-state index in [1.165, 1.54) is 6.07 Å². The molecule has 1 heterocycles. The summed E-state index contributed by atoms with van der Waals surface area (Å²) in [4.78, 5) is 4.39. The Hall–Kier alpha value is -1.56. The summed E-state index contributed by atoms with van der Waals surface area (Å²) in [6, 6.07) is 3.66. The van der Waals surface area contributed by atoms with Crippen molar-refractivity contribution >= 4 is 11.0 Å². The van der Waals surface area contributed by atoms with E-state index in [-0.39, 0.29) is 5.92 Å². The third kappa shape index (κ3) is 3.20. The maximum absolute atomic E-state index is 12.8. The lowest BCUT2D eigenvalue weighted by molar-refractivity contribution is -0.137. The number of fused-ring (bicyclic) bond motifs is 1. The fraction of sp³-hybridized carbons (Fsp3) is 0.533. The summed E-state index contributed by atoms with van der Waals surface area (Å²) >= 11 is 0. The second-order valence-corrected chi connectivity index (χ2v) is 5.79. The zero-order chi connectivity index (χ0) is 15.8. The van der Waals surface area contributed by atoms with Gasteiger partial charge < -0.3 is 10.3 Å². The molecule has 0 spiro atoms. The van der Waals surface area contributed by atoms with Crippen LogP contribution in [0, 0.1) is 5.92 Å². The average molecular weight is 299 g/mol. The monoisotopic (exact) mass is 299 g/mol. The molecule has 0 aliphatic heterocycles. The van der Waals surface area contributed by atoms with E-state index in [1.54, 1.807) is 0 Å². The van der Waals surface area contributed by atoms with Crippen LogP contribution >= 0.6 is 0 Å². The number of nitrogens with two attached hydrogens (primary N) is 1. The van der Waals surface area contributed by atoms with Crippen molar-refractivity contribution in [2.45, 2.75) is 32.4 Å². The van der Waals surface area contributed by atoms with Gasteiger partial charge in [0, 0.05) is 19.5 Å². The lowest BCUT2D eigenvalue weighted by atomic mass is 9.96. The first kappa shape index (κ1) is 15.8. The van der Waals surface area contributed by atoms with E-state index in [0.717, 1.165) is 24.4 Å². The van der Waals surface area contributed by atoms with Crippen LogP contribution in [0.3, 0.4) is 0 Å². The number of aryl methyl sites for hydroxylation is 1. The molecule has 0 radical (unpaired) electrons. The highest BCUT2D eigenvalue weighted by Gasteiger charge is 2.31. The number of hydrogen-bond donors (Lipinski definition) is 1. The van der Waals surface area contributed by atoms with E-state index in [9.17, 15) is 13.2 Å². The molecule has 1 atom stereocenters. The van der Waals surface area contributed by atoms with Crippen molar-refractivity contribution in [2.24, 2.45) is 18.7 Å². The second kappa shape index (κ2) is 5.67. The highest BCUT2D eigenvalue weighted by atomic mass is 19.4. The Morgan fingerprint density at radius 1 is 1.29 bits per heavy atom. The third-order valence-corrected chi connectivity index (χ3v) is 3.65. The molecule has 0 amide bonds. The highest BCUT2D eigenvalue weighted by Crippen LogP contribution is 2.32. The molecule has 0 saturated heterocycles. The van der Waals surface area contributed by atoms with Gasteiger partial charge in [-0.15, -0.1) is 0 Å². The molecule has 2 aromatic rings. The number of hydrogen-bond acceptors (Lipinski definition) is 2. The molecule has 2 N–H and O–H groups in total. The van der Waals surface area contributed by atoms with Crippen molar-refractivity contribution in [1.29, 1.82) is 0 Å². The molecule has 2 rings (SSSR count). The van der Waals surface area contributed by atoms with E-state index >= 15 is 0 Å². The maximum Gasteiger partial charge on any atom is 0.416 e. The summed E-state index contributed by atoms with van der Waals surface area (Å²) < 4.78 is 40.1. The number of benzene rings is 1. The Bertz CT molecular complexity index is 629. The van der Waals surface area contributed by atoms with Crippen molar-refractivity contribution in [2.75, 3.05) is 6.54 Å². The fourth-order valence-corrected chi connectivity index (χ4v) is 2.64. The van der Waals surface area contributed by atoms with Crippen molar-refractivity contribution in [1.82, 2.24) is 9.55 Å². The number of aromatic nitrogens is 2. The number of halogens is 3. The number of alkyl halides is 3. The van der Waals surface area contributed by atoms with Crippen LogP contribution in [-0.4, -0.2) is 16.1 Å². The summed E-state index contributed by atoms with van der Waals surface area (Å²) in [6.45, 7) is 4.61. The van der Waals surface area contributed by atoms with Crippen LogP contribution in [0.4, 0.5) is 13.2 Å². The molecule has 116 valence electrons. The maximum atomic E-state index is 12.8. The van der Waals surface area contributed by atoms with Gasteiger partial charge in [0.1, 0.15) is 5.82 Å². The van der Waals surface area contributed by atoms with E-state index in [0.29, 0.717) is 23.5 Å². The SMILES string of the molecule is CC(C)CC(CN)c1nc2cc(C(F)(F)F)ccc2n1C. The molecule has 1 aromatic heterocycles. The molecule has 6 heteroatoms. The predicted octanol–water partition coefficient (Wildman–Crippen LogP) is 3.68. The minimum absolute atomic E-state index is 0.0525. The van der Waals surface area contributed by atoms with Crippen LogP contribution in [0.15, 0.2) is 18.2 Å². The van der Waals surface area contributed by atoms with Crippen LogP contribution in [0.1, 0.15) is 37.6 Å². The van der Waals surface area contributed by atoms with Crippen LogP contribution < -0.4 is 5.73 Å². The summed E-state index contributed by atoms with van der Waals surface area (Å²) in [7, 11) is 1.82. The molecule has 0 aliphatic rings. The molecule has 1 unspecified atom stereocenters. The van der Waals surface area contributed by atoms with Gasteiger partial charge in [-0.3, -0.25) is 0 Å². The standard InChI is InChI=1S/C15H20F3N3/c1-9(2)6-10(8-19)14-20-12-7-11(15(16,17)18)4-5-13(12)21(14)3/h4-5,7,9-10H,6,8,19H2,1-3H3. The molecule has 1 aromatic carbocycles. The number of rotatable bonds is 4. The molecule has 0 saturated carbocycles. The van der Waals surface area contributed by atoms with Gasteiger partial charge in [-0.05, 0) is 30.5 Å². The summed E-state index contributed by atoms with van der Waals surface area (Å²) in [5.74, 6) is 1.25. The van der Waals surface area contributed by atoms with Gasteiger partial charge in [-0.25, -0.2) is 4.98 Å². The smallest absolute Gasteiger partial charge is 0.331 e. The largest absolute Gasteiger partial charge is 0.416 e. The molecular formula is C15H20F3N3. The molecule has 3 nitrogen and oxygen atoms in total. The first-order valence-electron chi connectivity index (χ1n) is 6.97. The first-order valence-corrected chi connectivity index (χ1v) is 6.97. The van der Waals surface area contributed by atoms with E-state index in [2.05, 4.69) is 18.8 Å². The highest BCUT2D eigenvalue weighted by molar-refractivity contribution is 5.77. The van der Waals surface area contributed by atoms with Gasteiger partial charge in [0.05, 0.1) is 16.6 Å². The quantitative estimate of drug-likeness (QED) is 0.936. The molecule has 21 heavy (non-hydrogen) atoms. The van der Waals surface area contributed by atoms with E-state index in [4.69, 9.17) is 5.73 Å². The van der Waals surface area contributed by atoms with Crippen LogP contribution in [-0.2, 0) is 13.2 Å². The minimum Gasteiger partial charge on any atom is -0.331 e. The van der Waals surface area contributed by atoms with Gasteiger partial charge in [-0.2, -0.15) is 13.2 Å². The van der Waals surface area contributed by atoms with Crippen LogP contribution in [0.2, 0.25) is 0 Å². The van der Waals surface area contributed by atoms with E-state index < -0.39 is 11.7 Å². The summed E-state index contributed by atoms with van der Waals surface area (Å²) in [5.41, 5.74) is 6.20. The molecule has 0 fully saturated rings. The lowest BCUT2D eigenvalue weighted by Gasteiger charge is -2.16. The summed E-state index contributed by atoms with van der Waals surface area (Å²) in [6.07, 6.45) is -3.49. The predicted molar refractivity (Wildman–Crippen MR) is 77.0 cm³/mol. The zero-order valence-electron chi connectivity index (χ0n) is 12.4. The van der Waals surface area contributed by atoms with Crippen molar-refractivity contribution in [3.63, 3.8) is 0 Å². The molecule has 0 aliphatic carbocycles. The van der Waals surface area contributed by atoms with Crippen LogP contribution in [0.25, 0.3) is 11.0 Å². The second-order valence-electron chi connectivity index (χ2n) is 5.79. The van der Waals surface area contributed by atoms with Crippen molar-refractivity contribution in [3.05, 3.63) is 29.6 Å². The lowest BCUT2D eigenvalue weighted by Crippen LogP contribution is -2.18. The Labute approximate surface area is 122 Å². The van der Waals surface area contributed by atoms with Gasteiger partial charge in [0.2, 0.25) is 0 Å². The fourth-order valence-electron chi connectivity index (χ4n) is 2.64. The topological polar surface area (TPSA) is 43.8 Å². The van der Waals surface area contributed by atoms with Gasteiger partial charge in [0.25, 0.3) is 0 Å². The Morgan fingerprint density at radius 2 is 1.95 bits per heavy atom. The van der Waals surface area contributed by atoms with Crippen molar-refractivity contribution < 1.29 is 13.2 Å². The van der Waals surface area contributed by atoms with Crippen molar-refractivity contribution in [3.8, 4) is 0 Å². The van der Waals surface area contributed by atoms with Gasteiger partial charge in [0.15, 0.2) is 0 Å². The third-order valence-electron chi connectivity index (χ3n) is 3.65. The average Bonchev–Trinajstić information content (AvgIpc) is 2.72. The Morgan fingerprint density at radius 3 is 2.48 bits per heavy atom. The molecule has 0 bridgehead atoms. The van der Waals surface area contributed by atoms with Gasteiger partial charge in [-0.1, -0.05) is 13.8 Å². The minimum atomic E-state index is -4.35. The molecular weight excluding hydrogens is 279 g/mol. The normalized spacial score (nSPS) is 14.1. The number of nitrogens with zero attached hydrogens (tertiary/aromatic N) is 2. The first-order chi connectivity index (χ1) is 9.74. The number of imidazole rings is 1. The van der Waals surface area contributed by atoms with Crippen LogP contribution in [0.5, 0.6) is 0 Å². The summed E-state index contributed by atoms with van der Waals surface area (Å²) in [5, 5.41) is 0. The zero-order valence-corrected chi connectivity index (χ0v) is 12.4.